The summed E-state index contributed by atoms with van der Waals surface area (Å²) >= 11 is 0. The quantitative estimate of drug-likeness (QED) is 0.710. The van der Waals surface area contributed by atoms with Crippen molar-refractivity contribution in [3.8, 4) is 0 Å². The van der Waals surface area contributed by atoms with Crippen LogP contribution in [-0.2, 0) is 0 Å². The summed E-state index contributed by atoms with van der Waals surface area (Å²) in [6, 6.07) is 17.5. The van der Waals surface area contributed by atoms with Gasteiger partial charge in [-0.3, -0.25) is 5.32 Å². The van der Waals surface area contributed by atoms with Crippen LogP contribution in [0.4, 0.5) is 32.2 Å². The zero-order chi connectivity index (χ0) is 20.1. The molecule has 0 atom stereocenters. The number of anilines is 4. The molecular formula is C21H21FN6O. The third-order valence-electron chi connectivity index (χ3n) is 4.74. The van der Waals surface area contributed by atoms with Gasteiger partial charge in [-0.15, -0.1) is 0 Å². The largest absolute Gasteiger partial charge is 0.368 e. The standard InChI is InChI=1S/C21H21FN6O/c22-17-8-4-5-9-18(17)25-21(29)26-19-14-20(24-15-23-19)28-12-10-27(11-13-28)16-6-2-1-3-7-16/h1-9,14-15H,10-13H2,(H2,23,24,25,26,29). The summed E-state index contributed by atoms with van der Waals surface area (Å²) in [4.78, 5) is 25.1. The first-order valence-corrected chi connectivity index (χ1v) is 9.38. The van der Waals surface area contributed by atoms with Crippen LogP contribution in [0.2, 0.25) is 0 Å². The molecule has 1 saturated heterocycles. The SMILES string of the molecule is O=C(Nc1cc(N2CCN(c3ccccc3)CC2)ncn1)Nc1ccccc1F. The Balaban J connectivity index is 1.36. The van der Waals surface area contributed by atoms with Gasteiger partial charge in [0.1, 0.15) is 23.8 Å². The molecule has 2 amide bonds. The first kappa shape index (κ1) is 18.7. The van der Waals surface area contributed by atoms with Gasteiger partial charge in [0, 0.05) is 37.9 Å². The van der Waals surface area contributed by atoms with E-state index in [1.165, 1.54) is 24.1 Å². The first-order chi connectivity index (χ1) is 14.2. The van der Waals surface area contributed by atoms with E-state index in [9.17, 15) is 9.18 Å². The number of aromatic nitrogens is 2. The summed E-state index contributed by atoms with van der Waals surface area (Å²) < 4.78 is 13.7. The molecule has 2 N–H and O–H groups in total. The van der Waals surface area contributed by atoms with Crippen LogP contribution in [0.3, 0.4) is 0 Å². The second-order valence-electron chi connectivity index (χ2n) is 6.63. The molecule has 8 heteroatoms. The van der Waals surface area contributed by atoms with Gasteiger partial charge in [-0.05, 0) is 24.3 Å². The van der Waals surface area contributed by atoms with Gasteiger partial charge in [0.15, 0.2) is 0 Å². The van der Waals surface area contributed by atoms with E-state index >= 15 is 0 Å². The van der Waals surface area contributed by atoms with E-state index in [4.69, 9.17) is 0 Å². The second-order valence-corrected chi connectivity index (χ2v) is 6.63. The fraction of sp³-hybridized carbons (Fsp3) is 0.190. The molecule has 1 fully saturated rings. The topological polar surface area (TPSA) is 73.4 Å². The summed E-state index contributed by atoms with van der Waals surface area (Å²) in [7, 11) is 0. The molecule has 29 heavy (non-hydrogen) atoms. The van der Waals surface area contributed by atoms with Gasteiger partial charge >= 0.3 is 6.03 Å². The van der Waals surface area contributed by atoms with Gasteiger partial charge < -0.3 is 15.1 Å². The molecule has 0 saturated carbocycles. The lowest BCUT2D eigenvalue weighted by Crippen LogP contribution is -2.46. The zero-order valence-corrected chi connectivity index (χ0v) is 15.8. The minimum atomic E-state index is -0.561. The van der Waals surface area contributed by atoms with Crippen molar-refractivity contribution in [2.24, 2.45) is 0 Å². The van der Waals surface area contributed by atoms with Crippen LogP contribution in [0, 0.1) is 5.82 Å². The number of halogens is 1. The van der Waals surface area contributed by atoms with Gasteiger partial charge in [-0.1, -0.05) is 30.3 Å². The van der Waals surface area contributed by atoms with Crippen LogP contribution in [0.25, 0.3) is 0 Å². The van der Waals surface area contributed by atoms with E-state index in [1.54, 1.807) is 18.2 Å². The van der Waals surface area contributed by atoms with Gasteiger partial charge in [0.2, 0.25) is 0 Å². The maximum Gasteiger partial charge on any atom is 0.324 e. The van der Waals surface area contributed by atoms with E-state index in [0.29, 0.717) is 5.82 Å². The molecular weight excluding hydrogens is 371 g/mol. The Hall–Kier alpha value is -3.68. The average Bonchev–Trinajstić information content (AvgIpc) is 2.76. The summed E-state index contributed by atoms with van der Waals surface area (Å²) in [6.45, 7) is 3.38. The highest BCUT2D eigenvalue weighted by molar-refractivity contribution is 5.99. The van der Waals surface area contributed by atoms with Crippen LogP contribution in [0.5, 0.6) is 0 Å². The number of piperazine rings is 1. The Bertz CT molecular complexity index is 976. The molecule has 0 radical (unpaired) electrons. The molecule has 148 valence electrons. The van der Waals surface area contributed by atoms with Crippen molar-refractivity contribution in [3.63, 3.8) is 0 Å². The lowest BCUT2D eigenvalue weighted by molar-refractivity contribution is 0.262. The molecule has 7 nitrogen and oxygen atoms in total. The number of rotatable bonds is 4. The molecule has 1 aliphatic rings. The molecule has 0 aliphatic carbocycles. The van der Waals surface area contributed by atoms with Gasteiger partial charge in [-0.25, -0.2) is 19.2 Å². The number of hydrogen-bond donors (Lipinski definition) is 2. The van der Waals surface area contributed by atoms with Crippen LogP contribution in [0.15, 0.2) is 67.0 Å². The molecule has 4 rings (SSSR count). The highest BCUT2D eigenvalue weighted by Gasteiger charge is 2.19. The summed E-state index contributed by atoms with van der Waals surface area (Å²) in [5, 5.41) is 5.10. The average molecular weight is 392 g/mol. The Morgan fingerprint density at radius 3 is 2.31 bits per heavy atom. The van der Waals surface area contributed by atoms with Crippen LogP contribution in [-0.4, -0.2) is 42.2 Å². The predicted molar refractivity (Wildman–Crippen MR) is 112 cm³/mol. The van der Waals surface area contributed by atoms with E-state index < -0.39 is 11.8 Å². The van der Waals surface area contributed by atoms with E-state index in [0.717, 1.165) is 32.0 Å². The van der Waals surface area contributed by atoms with Crippen LogP contribution < -0.4 is 20.4 Å². The number of benzene rings is 2. The highest BCUT2D eigenvalue weighted by atomic mass is 19.1. The maximum absolute atomic E-state index is 13.7. The summed E-state index contributed by atoms with van der Waals surface area (Å²) in [5.74, 6) is 0.602. The molecule has 3 aromatic rings. The maximum atomic E-state index is 13.7. The van der Waals surface area contributed by atoms with Crippen molar-refractivity contribution in [2.45, 2.75) is 0 Å². The van der Waals surface area contributed by atoms with E-state index in [1.807, 2.05) is 18.2 Å². The molecule has 2 aromatic carbocycles. The van der Waals surface area contributed by atoms with Crippen LogP contribution in [0.1, 0.15) is 0 Å². The summed E-state index contributed by atoms with van der Waals surface area (Å²) in [6.07, 6.45) is 1.41. The number of carbonyl (C=O) groups excluding carboxylic acids is 1. The number of amides is 2. The minimum Gasteiger partial charge on any atom is -0.368 e. The fourth-order valence-electron chi connectivity index (χ4n) is 3.25. The van der Waals surface area contributed by atoms with Crippen molar-refractivity contribution in [1.82, 2.24) is 9.97 Å². The number of hydrogen-bond acceptors (Lipinski definition) is 5. The number of nitrogens with zero attached hydrogens (tertiary/aromatic N) is 4. The Labute approximate surface area is 168 Å². The second kappa shape index (κ2) is 8.55. The number of carbonyl (C=O) groups is 1. The number of urea groups is 1. The van der Waals surface area contributed by atoms with Crippen molar-refractivity contribution in [3.05, 3.63) is 72.8 Å². The van der Waals surface area contributed by atoms with E-state index in [2.05, 4.69) is 42.5 Å². The Morgan fingerprint density at radius 1 is 0.862 bits per heavy atom. The van der Waals surface area contributed by atoms with Gasteiger partial charge in [-0.2, -0.15) is 0 Å². The third-order valence-corrected chi connectivity index (χ3v) is 4.74. The van der Waals surface area contributed by atoms with Gasteiger partial charge in [0.05, 0.1) is 5.69 Å². The Morgan fingerprint density at radius 2 is 1.55 bits per heavy atom. The monoisotopic (exact) mass is 392 g/mol. The minimum absolute atomic E-state index is 0.108. The molecule has 0 unspecified atom stereocenters. The molecule has 2 heterocycles. The third kappa shape index (κ3) is 4.60. The summed E-state index contributed by atoms with van der Waals surface area (Å²) in [5.41, 5.74) is 1.32. The van der Waals surface area contributed by atoms with Crippen molar-refractivity contribution < 1.29 is 9.18 Å². The lowest BCUT2D eigenvalue weighted by atomic mass is 10.2. The highest BCUT2D eigenvalue weighted by Crippen LogP contribution is 2.20. The molecule has 1 aliphatic heterocycles. The number of nitrogens with one attached hydrogen (secondary N) is 2. The lowest BCUT2D eigenvalue weighted by Gasteiger charge is -2.36. The smallest absolute Gasteiger partial charge is 0.324 e. The van der Waals surface area contributed by atoms with Crippen molar-refractivity contribution >= 4 is 29.0 Å². The van der Waals surface area contributed by atoms with Crippen molar-refractivity contribution in [2.75, 3.05) is 46.6 Å². The van der Waals surface area contributed by atoms with Gasteiger partial charge in [0.25, 0.3) is 0 Å². The zero-order valence-electron chi connectivity index (χ0n) is 15.8. The van der Waals surface area contributed by atoms with Crippen LogP contribution >= 0.6 is 0 Å². The normalized spacial score (nSPS) is 13.8. The van der Waals surface area contributed by atoms with Crippen molar-refractivity contribution in [1.29, 1.82) is 0 Å². The Kier molecular flexibility index (Phi) is 5.51. The van der Waals surface area contributed by atoms with E-state index in [-0.39, 0.29) is 5.69 Å². The molecule has 1 aromatic heterocycles. The molecule has 0 spiro atoms. The first-order valence-electron chi connectivity index (χ1n) is 9.38. The predicted octanol–water partition coefficient (Wildman–Crippen LogP) is 3.59. The number of para-hydroxylation sites is 2. The fourth-order valence-corrected chi connectivity index (χ4v) is 3.25. The molecule has 0 bridgehead atoms.